The van der Waals surface area contributed by atoms with E-state index in [1.54, 1.807) is 53.6 Å². The first-order chi connectivity index (χ1) is 13.7. The van der Waals surface area contributed by atoms with Gasteiger partial charge in [0.2, 0.25) is 17.6 Å². The van der Waals surface area contributed by atoms with E-state index in [0.29, 0.717) is 34.7 Å². The molecule has 0 aliphatic heterocycles. The number of aryl methyl sites for hydroxylation is 1. The topological polar surface area (TPSA) is 98.7 Å². The maximum atomic E-state index is 12.3. The van der Waals surface area contributed by atoms with Gasteiger partial charge in [-0.05, 0) is 42.5 Å². The Morgan fingerprint density at radius 1 is 1.14 bits per heavy atom. The highest BCUT2D eigenvalue weighted by molar-refractivity contribution is 6.30. The van der Waals surface area contributed by atoms with E-state index in [0.717, 1.165) is 5.56 Å². The molecule has 4 rings (SSSR count). The Bertz CT molecular complexity index is 1080. The molecular weight excluding hydrogens is 380 g/mol. The van der Waals surface area contributed by atoms with E-state index in [2.05, 4.69) is 25.5 Å². The molecule has 0 atom stereocenters. The minimum Gasteiger partial charge on any atom is -0.339 e. The van der Waals surface area contributed by atoms with E-state index in [-0.39, 0.29) is 12.3 Å². The molecule has 1 amide bonds. The number of nitrogens with one attached hydrogen (secondary N) is 1. The van der Waals surface area contributed by atoms with Gasteiger partial charge in [0.25, 0.3) is 0 Å². The zero-order valence-electron chi connectivity index (χ0n) is 14.6. The summed E-state index contributed by atoms with van der Waals surface area (Å²) in [6, 6.07) is 12.4. The van der Waals surface area contributed by atoms with E-state index in [1.807, 2.05) is 12.1 Å². The van der Waals surface area contributed by atoms with E-state index in [1.165, 1.54) is 0 Å². The predicted octanol–water partition coefficient (Wildman–Crippen LogP) is 3.54. The number of rotatable bonds is 6. The summed E-state index contributed by atoms with van der Waals surface area (Å²) >= 11 is 5.88. The first-order valence-corrected chi connectivity index (χ1v) is 8.90. The molecule has 140 valence electrons. The molecule has 0 fully saturated rings. The van der Waals surface area contributed by atoms with E-state index >= 15 is 0 Å². The molecule has 4 aromatic rings. The van der Waals surface area contributed by atoms with Gasteiger partial charge < -0.3 is 9.84 Å². The highest BCUT2D eigenvalue weighted by Gasteiger charge is 2.13. The number of hydrogen-bond donors (Lipinski definition) is 1. The number of amides is 1. The lowest BCUT2D eigenvalue weighted by Crippen LogP contribution is -2.15. The fraction of sp³-hybridized carbons (Fsp3) is 0.105. The Kier molecular flexibility index (Phi) is 5.11. The number of benzene rings is 1. The summed E-state index contributed by atoms with van der Waals surface area (Å²) in [7, 11) is 0. The third kappa shape index (κ3) is 4.07. The predicted molar refractivity (Wildman–Crippen MR) is 103 cm³/mol. The second-order valence-electron chi connectivity index (χ2n) is 5.89. The van der Waals surface area contributed by atoms with Crippen LogP contribution < -0.4 is 5.32 Å². The van der Waals surface area contributed by atoms with Crippen LogP contribution in [0, 0.1) is 0 Å². The van der Waals surface area contributed by atoms with Crippen molar-refractivity contribution < 1.29 is 9.32 Å². The van der Waals surface area contributed by atoms with Gasteiger partial charge in [-0.15, -0.1) is 0 Å². The van der Waals surface area contributed by atoms with Gasteiger partial charge in [0.1, 0.15) is 0 Å². The Balaban J connectivity index is 1.39. The van der Waals surface area contributed by atoms with E-state index in [4.69, 9.17) is 16.1 Å². The maximum Gasteiger partial charge on any atom is 0.227 e. The Hall–Kier alpha value is -3.52. The van der Waals surface area contributed by atoms with Gasteiger partial charge in [-0.25, -0.2) is 9.67 Å². The summed E-state index contributed by atoms with van der Waals surface area (Å²) in [5.74, 6) is 1.20. The summed E-state index contributed by atoms with van der Waals surface area (Å²) in [5.41, 5.74) is 1.37. The average Bonchev–Trinajstić information content (AvgIpc) is 3.40. The SMILES string of the molecule is O=C(CCc1nc(-c2ccc(Cl)cc2)no1)Nc1cccnc1-n1cccn1. The van der Waals surface area contributed by atoms with Crippen LogP contribution in [0.1, 0.15) is 12.3 Å². The van der Waals surface area contributed by atoms with Gasteiger partial charge in [0.15, 0.2) is 5.82 Å². The van der Waals surface area contributed by atoms with Crippen LogP contribution in [-0.4, -0.2) is 30.8 Å². The van der Waals surface area contributed by atoms with Crippen LogP contribution in [0.5, 0.6) is 0 Å². The second-order valence-corrected chi connectivity index (χ2v) is 6.33. The molecular formula is C19H15ClN6O2. The van der Waals surface area contributed by atoms with Crippen molar-refractivity contribution in [2.45, 2.75) is 12.8 Å². The van der Waals surface area contributed by atoms with Gasteiger partial charge in [-0.2, -0.15) is 10.1 Å². The molecule has 3 heterocycles. The van der Waals surface area contributed by atoms with Gasteiger partial charge in [0, 0.05) is 42.0 Å². The fourth-order valence-electron chi connectivity index (χ4n) is 2.58. The quantitative estimate of drug-likeness (QED) is 0.537. The van der Waals surface area contributed by atoms with Crippen molar-refractivity contribution in [3.8, 4) is 17.2 Å². The number of pyridine rings is 1. The number of halogens is 1. The first-order valence-electron chi connectivity index (χ1n) is 8.52. The van der Waals surface area contributed by atoms with Crippen molar-refractivity contribution >= 4 is 23.2 Å². The third-order valence-electron chi connectivity index (χ3n) is 3.92. The van der Waals surface area contributed by atoms with E-state index < -0.39 is 0 Å². The van der Waals surface area contributed by atoms with Gasteiger partial charge >= 0.3 is 0 Å². The third-order valence-corrected chi connectivity index (χ3v) is 4.17. The normalized spacial score (nSPS) is 10.8. The zero-order chi connectivity index (χ0) is 19.3. The standard InChI is InChI=1S/C19H15ClN6O2/c20-14-6-4-13(5-7-14)18-24-17(28-25-18)9-8-16(27)23-15-3-1-10-21-19(15)26-12-2-11-22-26/h1-7,10-12H,8-9H2,(H,23,27). The highest BCUT2D eigenvalue weighted by atomic mass is 35.5. The molecule has 28 heavy (non-hydrogen) atoms. The molecule has 0 unspecified atom stereocenters. The number of carbonyl (C=O) groups is 1. The molecule has 0 spiro atoms. The number of anilines is 1. The lowest BCUT2D eigenvalue weighted by atomic mass is 10.2. The summed E-state index contributed by atoms with van der Waals surface area (Å²) < 4.78 is 6.82. The molecule has 1 N–H and O–H groups in total. The van der Waals surface area contributed by atoms with E-state index in [9.17, 15) is 4.79 Å². The average molecular weight is 395 g/mol. The number of aromatic nitrogens is 5. The molecule has 0 aliphatic carbocycles. The molecule has 0 saturated heterocycles. The lowest BCUT2D eigenvalue weighted by molar-refractivity contribution is -0.116. The van der Waals surface area contributed by atoms with Crippen molar-refractivity contribution in [3.63, 3.8) is 0 Å². The number of hydrogen-bond acceptors (Lipinski definition) is 6. The fourth-order valence-corrected chi connectivity index (χ4v) is 2.70. The van der Waals surface area contributed by atoms with Crippen molar-refractivity contribution in [2.24, 2.45) is 0 Å². The minimum atomic E-state index is -0.187. The Labute approximate surface area is 165 Å². The van der Waals surface area contributed by atoms with Crippen LogP contribution in [0.15, 0.2) is 65.6 Å². The monoisotopic (exact) mass is 394 g/mol. The van der Waals surface area contributed by atoms with Gasteiger partial charge in [0.05, 0.1) is 5.69 Å². The summed E-state index contributed by atoms with van der Waals surface area (Å²) in [5, 5.41) is 11.6. The Morgan fingerprint density at radius 3 is 2.79 bits per heavy atom. The molecule has 0 radical (unpaired) electrons. The van der Waals surface area contributed by atoms with Crippen LogP contribution in [0.2, 0.25) is 5.02 Å². The molecule has 0 bridgehead atoms. The van der Waals surface area contributed by atoms with Gasteiger partial charge in [-0.3, -0.25) is 4.79 Å². The largest absolute Gasteiger partial charge is 0.339 e. The maximum absolute atomic E-state index is 12.3. The van der Waals surface area contributed by atoms with Crippen LogP contribution in [-0.2, 0) is 11.2 Å². The second kappa shape index (κ2) is 8.01. The number of nitrogens with zero attached hydrogens (tertiary/aromatic N) is 5. The van der Waals surface area contributed by atoms with Crippen LogP contribution in [0.25, 0.3) is 17.2 Å². The number of carbonyl (C=O) groups excluding carboxylic acids is 1. The molecule has 0 aliphatic rings. The van der Waals surface area contributed by atoms with Gasteiger partial charge in [-0.1, -0.05) is 16.8 Å². The Morgan fingerprint density at radius 2 is 2.00 bits per heavy atom. The van der Waals surface area contributed by atoms with Crippen molar-refractivity contribution in [2.75, 3.05) is 5.32 Å². The molecule has 8 nitrogen and oxygen atoms in total. The molecule has 3 aromatic heterocycles. The summed E-state index contributed by atoms with van der Waals surface area (Å²) in [6.45, 7) is 0. The first kappa shape index (κ1) is 17.9. The van der Waals surface area contributed by atoms with Crippen molar-refractivity contribution in [1.82, 2.24) is 24.9 Å². The minimum absolute atomic E-state index is 0.187. The molecule has 0 saturated carbocycles. The molecule has 9 heteroatoms. The van der Waals surface area contributed by atoms with Crippen LogP contribution in [0.3, 0.4) is 0 Å². The zero-order valence-corrected chi connectivity index (χ0v) is 15.4. The van der Waals surface area contributed by atoms with Crippen LogP contribution in [0.4, 0.5) is 5.69 Å². The van der Waals surface area contributed by atoms with Crippen molar-refractivity contribution in [3.05, 3.63) is 72.0 Å². The highest BCUT2D eigenvalue weighted by Crippen LogP contribution is 2.20. The summed E-state index contributed by atoms with van der Waals surface area (Å²) in [6.07, 6.45) is 5.56. The summed E-state index contributed by atoms with van der Waals surface area (Å²) in [4.78, 5) is 20.9. The smallest absolute Gasteiger partial charge is 0.227 e. The van der Waals surface area contributed by atoms with Crippen molar-refractivity contribution in [1.29, 1.82) is 0 Å². The molecule has 1 aromatic carbocycles. The van der Waals surface area contributed by atoms with Crippen LogP contribution >= 0.6 is 11.6 Å². The lowest BCUT2D eigenvalue weighted by Gasteiger charge is -2.09.